The lowest BCUT2D eigenvalue weighted by Gasteiger charge is -2.41. The van der Waals surface area contributed by atoms with E-state index in [4.69, 9.17) is 16.3 Å². The molecule has 3 heterocycles. The summed E-state index contributed by atoms with van der Waals surface area (Å²) in [6, 6.07) is 6.78. The summed E-state index contributed by atoms with van der Waals surface area (Å²) in [6.45, 7) is 8.36. The molecule has 1 fully saturated rings. The molecule has 1 aliphatic rings. The van der Waals surface area contributed by atoms with Crippen LogP contribution in [0, 0.1) is 18.2 Å². The van der Waals surface area contributed by atoms with Crippen LogP contribution in [-0.4, -0.2) is 44.9 Å². The van der Waals surface area contributed by atoms with Gasteiger partial charge in [-0.3, -0.25) is 4.79 Å². The number of fused-ring (bicyclic) bond motifs is 1. The largest absolute Gasteiger partial charge is 0.485 e. The summed E-state index contributed by atoms with van der Waals surface area (Å²) in [5.74, 6) is -0.352. The summed E-state index contributed by atoms with van der Waals surface area (Å²) in [7, 11) is 0. The minimum Gasteiger partial charge on any atom is -0.485 e. The molecule has 1 atom stereocenters. The highest BCUT2D eigenvalue weighted by Gasteiger charge is 2.42. The lowest BCUT2D eigenvalue weighted by atomic mass is 9.77. The molecule has 0 aliphatic carbocycles. The molecule has 9 heteroatoms. The first-order valence-corrected chi connectivity index (χ1v) is 11.5. The van der Waals surface area contributed by atoms with E-state index in [2.05, 4.69) is 10.1 Å². The average molecular weight is 475 g/mol. The number of aliphatic carboxylic acids is 1. The Morgan fingerprint density at radius 2 is 2.03 bits per heavy atom. The van der Waals surface area contributed by atoms with Gasteiger partial charge in [-0.05, 0) is 52.2 Å². The second-order valence-corrected chi connectivity index (χ2v) is 9.32. The van der Waals surface area contributed by atoms with E-state index in [9.17, 15) is 9.90 Å². The van der Waals surface area contributed by atoms with Gasteiger partial charge in [0.05, 0.1) is 17.2 Å². The number of ether oxygens (including phenoxy) is 1. The topological polar surface area (TPSA) is 80.0 Å². The zero-order valence-corrected chi connectivity index (χ0v) is 20.0. The standard InChI is InChI=1S/C24H28ClFN4O3/c1-5-24(23(31)32)11-6-12-29(13-24)22-20(33-14(2)3)15(4)27-21-18(26)19(28-30(21)22)16-7-9-17(25)10-8-16/h7-10,14H,5-6,11-13H2,1-4H3,(H,31,32). The van der Waals surface area contributed by atoms with Gasteiger partial charge in [-0.25, -0.2) is 9.37 Å². The molecule has 2 aromatic heterocycles. The molecular weight excluding hydrogens is 447 g/mol. The van der Waals surface area contributed by atoms with Crippen LogP contribution in [0.4, 0.5) is 10.2 Å². The number of anilines is 1. The van der Waals surface area contributed by atoms with Crippen LogP contribution in [-0.2, 0) is 4.79 Å². The Bertz CT molecular complexity index is 1190. The molecule has 1 aromatic carbocycles. The van der Waals surface area contributed by atoms with E-state index < -0.39 is 17.2 Å². The normalized spacial score (nSPS) is 18.8. The Morgan fingerprint density at radius 3 is 2.64 bits per heavy atom. The molecule has 1 N–H and O–H groups in total. The minimum absolute atomic E-state index is 0.0755. The zero-order chi connectivity index (χ0) is 23.9. The molecule has 0 amide bonds. The molecule has 0 radical (unpaired) electrons. The zero-order valence-electron chi connectivity index (χ0n) is 19.2. The molecule has 1 aliphatic heterocycles. The quantitative estimate of drug-likeness (QED) is 0.517. The van der Waals surface area contributed by atoms with Crippen LogP contribution in [0.15, 0.2) is 24.3 Å². The van der Waals surface area contributed by atoms with E-state index >= 15 is 4.39 Å². The number of carboxylic acids is 1. The highest BCUT2D eigenvalue weighted by molar-refractivity contribution is 6.30. The Balaban J connectivity index is 1.94. The van der Waals surface area contributed by atoms with Crippen molar-refractivity contribution in [3.05, 3.63) is 40.8 Å². The summed E-state index contributed by atoms with van der Waals surface area (Å²) in [5.41, 5.74) is 0.437. The number of nitrogens with zero attached hydrogens (tertiary/aromatic N) is 4. The van der Waals surface area contributed by atoms with Crippen molar-refractivity contribution in [2.24, 2.45) is 5.41 Å². The number of hydrogen-bond donors (Lipinski definition) is 1. The second kappa shape index (κ2) is 8.82. The number of piperidine rings is 1. The van der Waals surface area contributed by atoms with Gasteiger partial charge in [0.25, 0.3) is 0 Å². The Kier molecular flexibility index (Phi) is 6.22. The number of carboxylic acid groups (broad SMARTS) is 1. The molecule has 0 spiro atoms. The maximum absolute atomic E-state index is 15.6. The highest BCUT2D eigenvalue weighted by atomic mass is 35.5. The third kappa shape index (κ3) is 4.12. The fourth-order valence-electron chi connectivity index (χ4n) is 4.47. The predicted octanol–water partition coefficient (Wildman–Crippen LogP) is 5.37. The average Bonchev–Trinajstić information content (AvgIpc) is 3.10. The lowest BCUT2D eigenvalue weighted by molar-refractivity contribution is -0.149. The van der Waals surface area contributed by atoms with Crippen molar-refractivity contribution in [1.29, 1.82) is 0 Å². The molecule has 1 unspecified atom stereocenters. The first kappa shape index (κ1) is 23.3. The number of carbonyl (C=O) groups is 1. The van der Waals surface area contributed by atoms with Crippen LogP contribution in [0.2, 0.25) is 5.02 Å². The van der Waals surface area contributed by atoms with Crippen molar-refractivity contribution in [1.82, 2.24) is 14.6 Å². The van der Waals surface area contributed by atoms with Gasteiger partial charge in [0.15, 0.2) is 23.0 Å². The first-order valence-electron chi connectivity index (χ1n) is 11.2. The van der Waals surface area contributed by atoms with E-state index in [1.807, 2.05) is 25.7 Å². The third-order valence-electron chi connectivity index (χ3n) is 6.29. The molecule has 7 nitrogen and oxygen atoms in total. The SMILES string of the molecule is CCC1(C(=O)O)CCCN(c2c(OC(C)C)c(C)nc3c(F)c(-c4ccc(Cl)cc4)nn23)C1. The fraction of sp³-hybridized carbons (Fsp3) is 0.458. The number of halogens is 2. The monoisotopic (exact) mass is 474 g/mol. The minimum atomic E-state index is -0.887. The predicted molar refractivity (Wildman–Crippen MR) is 126 cm³/mol. The second-order valence-electron chi connectivity index (χ2n) is 8.89. The fourth-order valence-corrected chi connectivity index (χ4v) is 4.60. The van der Waals surface area contributed by atoms with Gasteiger partial charge in [-0.15, -0.1) is 0 Å². The smallest absolute Gasteiger partial charge is 0.311 e. The van der Waals surface area contributed by atoms with Gasteiger partial charge >= 0.3 is 5.97 Å². The molecule has 176 valence electrons. The first-order chi connectivity index (χ1) is 15.7. The Hall–Kier alpha value is -2.87. The summed E-state index contributed by atoms with van der Waals surface area (Å²) in [4.78, 5) is 18.6. The number of aryl methyl sites for hydroxylation is 1. The number of rotatable bonds is 6. The van der Waals surface area contributed by atoms with E-state index in [1.54, 1.807) is 31.2 Å². The van der Waals surface area contributed by atoms with Crippen molar-refractivity contribution in [3.63, 3.8) is 0 Å². The lowest BCUT2D eigenvalue weighted by Crippen LogP contribution is -2.48. The summed E-state index contributed by atoms with van der Waals surface area (Å²) in [5, 5.41) is 15.1. The van der Waals surface area contributed by atoms with E-state index in [1.165, 1.54) is 4.52 Å². The molecule has 0 saturated carbocycles. The van der Waals surface area contributed by atoms with Crippen LogP contribution in [0.5, 0.6) is 5.75 Å². The van der Waals surface area contributed by atoms with Crippen LogP contribution in [0.3, 0.4) is 0 Å². The van der Waals surface area contributed by atoms with E-state index in [0.29, 0.717) is 53.7 Å². The van der Waals surface area contributed by atoms with Crippen LogP contribution in [0.1, 0.15) is 45.7 Å². The maximum atomic E-state index is 15.6. The van der Waals surface area contributed by atoms with E-state index in [-0.39, 0.29) is 24.0 Å². The number of aromatic nitrogens is 3. The summed E-state index contributed by atoms with van der Waals surface area (Å²) >= 11 is 6.00. The van der Waals surface area contributed by atoms with Crippen LogP contribution >= 0.6 is 11.6 Å². The van der Waals surface area contributed by atoms with Crippen LogP contribution < -0.4 is 9.64 Å². The number of hydrogen-bond acceptors (Lipinski definition) is 5. The number of benzene rings is 1. The van der Waals surface area contributed by atoms with E-state index in [0.717, 1.165) is 0 Å². The van der Waals surface area contributed by atoms with Gasteiger partial charge in [0.1, 0.15) is 5.69 Å². The van der Waals surface area contributed by atoms with Gasteiger partial charge in [-0.2, -0.15) is 9.61 Å². The Labute approximate surface area is 197 Å². The molecule has 33 heavy (non-hydrogen) atoms. The molecule has 0 bridgehead atoms. The third-order valence-corrected chi connectivity index (χ3v) is 6.54. The highest BCUT2D eigenvalue weighted by Crippen LogP contribution is 2.41. The van der Waals surface area contributed by atoms with Gasteiger partial charge < -0.3 is 14.7 Å². The maximum Gasteiger partial charge on any atom is 0.311 e. The molecule has 1 saturated heterocycles. The summed E-state index contributed by atoms with van der Waals surface area (Å²) < 4.78 is 23.1. The Morgan fingerprint density at radius 1 is 1.33 bits per heavy atom. The van der Waals surface area contributed by atoms with Gasteiger partial charge in [0, 0.05) is 23.7 Å². The van der Waals surface area contributed by atoms with Crippen molar-refractivity contribution in [3.8, 4) is 17.0 Å². The van der Waals surface area contributed by atoms with Crippen molar-refractivity contribution >= 4 is 29.0 Å². The van der Waals surface area contributed by atoms with Gasteiger partial charge in [0.2, 0.25) is 0 Å². The molecule has 3 aromatic rings. The van der Waals surface area contributed by atoms with Crippen molar-refractivity contribution in [2.75, 3.05) is 18.0 Å². The summed E-state index contributed by atoms with van der Waals surface area (Å²) in [6.07, 6.45) is 1.62. The van der Waals surface area contributed by atoms with Crippen molar-refractivity contribution < 1.29 is 19.0 Å². The van der Waals surface area contributed by atoms with Crippen molar-refractivity contribution in [2.45, 2.75) is 53.1 Å². The molecular formula is C24H28ClFN4O3. The van der Waals surface area contributed by atoms with Crippen LogP contribution in [0.25, 0.3) is 16.9 Å². The van der Waals surface area contributed by atoms with Gasteiger partial charge in [-0.1, -0.05) is 30.7 Å². The molecule has 4 rings (SSSR count).